The van der Waals surface area contributed by atoms with E-state index in [9.17, 15) is 26.4 Å². The second-order valence-electron chi connectivity index (χ2n) is 7.50. The Balaban J connectivity index is 1.62. The molecule has 1 aliphatic rings. The minimum atomic E-state index is -4.61. The molecule has 0 bridgehead atoms. The number of thiophene rings is 1. The smallest absolute Gasteiger partial charge is 0.246 e. The van der Waals surface area contributed by atoms with Crippen molar-refractivity contribution in [1.29, 1.82) is 0 Å². The first-order valence-electron chi connectivity index (χ1n) is 9.88. The van der Waals surface area contributed by atoms with Gasteiger partial charge in [-0.15, -0.1) is 11.3 Å². The first-order valence-corrected chi connectivity index (χ1v) is 12.6. The molecule has 0 saturated carbocycles. The highest BCUT2D eigenvalue weighted by atomic mass is 35.5. The Bertz CT molecular complexity index is 1320. The van der Waals surface area contributed by atoms with Gasteiger partial charge in [-0.25, -0.2) is 22.9 Å². The number of hydrogen-bond acceptors (Lipinski definition) is 5. The van der Waals surface area contributed by atoms with Gasteiger partial charge in [-0.2, -0.15) is 18.3 Å². The fraction of sp³-hybridized carbons (Fsp3) is 0.182. The normalized spacial score (nSPS) is 18.6. The van der Waals surface area contributed by atoms with Gasteiger partial charge in [-0.05, 0) is 60.3 Å². The zero-order chi connectivity index (χ0) is 24.7. The van der Waals surface area contributed by atoms with Gasteiger partial charge in [0.25, 0.3) is 10.0 Å². The lowest BCUT2D eigenvalue weighted by Gasteiger charge is -2.22. The molecule has 34 heavy (non-hydrogen) atoms. The molecule has 2 unspecified atom stereocenters. The van der Waals surface area contributed by atoms with Crippen LogP contribution < -0.4 is 4.72 Å². The SMILES string of the molecule is CC1C(c2cccs2)C(c2ccc(Cl)cc2)=NN1C(=O)NS(=O)(=O)c1ccc(C(F)(F)F)cc1. The van der Waals surface area contributed by atoms with Crippen molar-refractivity contribution < 1.29 is 26.4 Å². The number of sulfonamides is 1. The van der Waals surface area contributed by atoms with Crippen molar-refractivity contribution in [1.82, 2.24) is 9.73 Å². The van der Waals surface area contributed by atoms with E-state index in [-0.39, 0.29) is 5.92 Å². The van der Waals surface area contributed by atoms with Crippen LogP contribution in [0.1, 0.15) is 28.8 Å². The number of hydrazone groups is 1. The number of rotatable bonds is 4. The van der Waals surface area contributed by atoms with Gasteiger partial charge in [0.15, 0.2) is 0 Å². The maximum Gasteiger partial charge on any atom is 0.416 e. The molecule has 0 fully saturated rings. The van der Waals surface area contributed by atoms with Crippen molar-refractivity contribution >= 4 is 44.7 Å². The first kappa shape index (κ1) is 24.2. The van der Waals surface area contributed by atoms with E-state index < -0.39 is 38.7 Å². The van der Waals surface area contributed by atoms with Crippen LogP contribution in [-0.4, -0.2) is 31.2 Å². The molecule has 0 saturated heterocycles. The standard InChI is InChI=1S/C22H17ClF3N3O3S2/c1-13-19(18-3-2-12-33-18)20(14-4-8-16(23)9-5-14)27-29(13)21(30)28-34(31,32)17-10-6-15(7-11-17)22(24,25)26/h2-13,19H,1H3,(H,28,30). The quantitative estimate of drug-likeness (QED) is 0.472. The third-order valence-electron chi connectivity index (χ3n) is 5.29. The second-order valence-corrected chi connectivity index (χ2v) is 10.6. The predicted molar refractivity (Wildman–Crippen MR) is 124 cm³/mol. The Morgan fingerprint density at radius 3 is 2.29 bits per heavy atom. The molecule has 1 aliphatic heterocycles. The summed E-state index contributed by atoms with van der Waals surface area (Å²) in [5.74, 6) is -0.319. The van der Waals surface area contributed by atoms with E-state index in [0.717, 1.165) is 27.6 Å². The van der Waals surface area contributed by atoms with Crippen molar-refractivity contribution in [2.24, 2.45) is 5.10 Å². The van der Waals surface area contributed by atoms with E-state index in [2.05, 4.69) is 5.10 Å². The van der Waals surface area contributed by atoms with Gasteiger partial charge < -0.3 is 0 Å². The van der Waals surface area contributed by atoms with Gasteiger partial charge in [0.2, 0.25) is 0 Å². The molecule has 12 heteroatoms. The fourth-order valence-electron chi connectivity index (χ4n) is 3.61. The fourth-order valence-corrected chi connectivity index (χ4v) is 5.60. The Labute approximate surface area is 202 Å². The van der Waals surface area contributed by atoms with E-state index in [4.69, 9.17) is 11.6 Å². The molecule has 0 radical (unpaired) electrons. The van der Waals surface area contributed by atoms with Crippen LogP contribution in [0.2, 0.25) is 5.02 Å². The van der Waals surface area contributed by atoms with E-state index in [1.54, 1.807) is 31.2 Å². The molecule has 0 spiro atoms. The van der Waals surface area contributed by atoms with E-state index >= 15 is 0 Å². The molecule has 6 nitrogen and oxygen atoms in total. The molecular weight excluding hydrogens is 511 g/mol. The van der Waals surface area contributed by atoms with Crippen molar-refractivity contribution in [3.8, 4) is 0 Å². The summed E-state index contributed by atoms with van der Waals surface area (Å²) in [6, 6.07) is 12.0. The number of nitrogens with one attached hydrogen (secondary N) is 1. The second kappa shape index (κ2) is 9.05. The molecule has 4 rings (SSSR count). The van der Waals surface area contributed by atoms with Crippen LogP contribution in [0.4, 0.5) is 18.0 Å². The van der Waals surface area contributed by atoms with E-state index in [0.29, 0.717) is 22.9 Å². The highest BCUT2D eigenvalue weighted by Crippen LogP contribution is 2.37. The summed E-state index contributed by atoms with van der Waals surface area (Å²) in [5.41, 5.74) is 0.283. The lowest BCUT2D eigenvalue weighted by molar-refractivity contribution is -0.137. The van der Waals surface area contributed by atoms with Gasteiger partial charge >= 0.3 is 12.2 Å². The zero-order valence-corrected chi connectivity index (χ0v) is 19.8. The molecule has 2 aromatic carbocycles. The largest absolute Gasteiger partial charge is 0.416 e. The van der Waals surface area contributed by atoms with Crippen LogP contribution in [-0.2, 0) is 16.2 Å². The number of nitrogens with zero attached hydrogens (tertiary/aromatic N) is 2. The number of urea groups is 1. The Kier molecular flexibility index (Phi) is 6.45. The number of carbonyl (C=O) groups is 1. The summed E-state index contributed by atoms with van der Waals surface area (Å²) in [5, 5.41) is 7.87. The van der Waals surface area contributed by atoms with E-state index in [1.165, 1.54) is 11.3 Å². The molecule has 1 N–H and O–H groups in total. The lowest BCUT2D eigenvalue weighted by Crippen LogP contribution is -2.43. The van der Waals surface area contributed by atoms with Crippen molar-refractivity contribution in [2.45, 2.75) is 30.0 Å². The van der Waals surface area contributed by atoms with Crippen LogP contribution in [0.5, 0.6) is 0 Å². The molecule has 3 aromatic rings. The first-order chi connectivity index (χ1) is 16.0. The monoisotopic (exact) mass is 527 g/mol. The van der Waals surface area contributed by atoms with Crippen LogP contribution in [0, 0.1) is 0 Å². The summed E-state index contributed by atoms with van der Waals surface area (Å²) in [6.45, 7) is 1.74. The third-order valence-corrected chi connectivity index (χ3v) is 7.83. The maximum atomic E-state index is 12.9. The van der Waals surface area contributed by atoms with Crippen molar-refractivity contribution in [3.63, 3.8) is 0 Å². The summed E-state index contributed by atoms with van der Waals surface area (Å²) >= 11 is 7.46. The summed E-state index contributed by atoms with van der Waals surface area (Å²) in [4.78, 5) is 13.4. The Morgan fingerprint density at radius 1 is 1.09 bits per heavy atom. The highest BCUT2D eigenvalue weighted by molar-refractivity contribution is 7.90. The Hall–Kier alpha value is -2.89. The predicted octanol–water partition coefficient (Wildman–Crippen LogP) is 5.71. The van der Waals surface area contributed by atoms with Crippen molar-refractivity contribution in [2.75, 3.05) is 0 Å². The average Bonchev–Trinajstić information content (AvgIpc) is 3.41. The summed E-state index contributed by atoms with van der Waals surface area (Å²) < 4.78 is 65.6. The summed E-state index contributed by atoms with van der Waals surface area (Å²) in [7, 11) is -4.43. The highest BCUT2D eigenvalue weighted by Gasteiger charge is 2.40. The molecular formula is C22H17ClF3N3O3S2. The van der Waals surface area contributed by atoms with Crippen LogP contribution in [0.25, 0.3) is 0 Å². The van der Waals surface area contributed by atoms with Gasteiger partial charge in [0.05, 0.1) is 28.1 Å². The van der Waals surface area contributed by atoms with Gasteiger partial charge in [-0.3, -0.25) is 0 Å². The summed E-state index contributed by atoms with van der Waals surface area (Å²) in [6.07, 6.45) is -4.61. The van der Waals surface area contributed by atoms with E-state index in [1.807, 2.05) is 22.2 Å². The topological polar surface area (TPSA) is 78.8 Å². The Morgan fingerprint density at radius 2 is 1.74 bits per heavy atom. The van der Waals surface area contributed by atoms with Gasteiger partial charge in [0.1, 0.15) is 0 Å². The molecule has 2 heterocycles. The molecule has 2 amide bonds. The molecule has 0 aliphatic carbocycles. The molecule has 2 atom stereocenters. The number of amides is 2. The number of alkyl halides is 3. The van der Waals surface area contributed by atoms with Crippen LogP contribution in [0.3, 0.4) is 0 Å². The van der Waals surface area contributed by atoms with Gasteiger partial charge in [0, 0.05) is 9.90 Å². The lowest BCUT2D eigenvalue weighted by atomic mass is 9.90. The minimum absolute atomic E-state index is 0.319. The number of carbonyl (C=O) groups excluding carboxylic acids is 1. The maximum absolute atomic E-state index is 12.9. The van der Waals surface area contributed by atoms with Crippen LogP contribution >= 0.6 is 22.9 Å². The zero-order valence-electron chi connectivity index (χ0n) is 17.5. The number of benzene rings is 2. The van der Waals surface area contributed by atoms with Crippen LogP contribution in [0.15, 0.2) is 76.0 Å². The molecule has 178 valence electrons. The van der Waals surface area contributed by atoms with Gasteiger partial charge in [-0.1, -0.05) is 29.8 Å². The molecule has 1 aromatic heterocycles. The minimum Gasteiger partial charge on any atom is -0.246 e. The number of hydrogen-bond donors (Lipinski definition) is 1. The third kappa shape index (κ3) is 4.82. The number of halogens is 4. The van der Waals surface area contributed by atoms with Crippen molar-refractivity contribution in [3.05, 3.63) is 87.1 Å². The average molecular weight is 528 g/mol.